The Bertz CT molecular complexity index is 1060. The van der Waals surface area contributed by atoms with E-state index < -0.39 is 0 Å². The van der Waals surface area contributed by atoms with Gasteiger partial charge in [-0.05, 0) is 49.1 Å². The smallest absolute Gasteiger partial charge is 0.259 e. The van der Waals surface area contributed by atoms with Gasteiger partial charge >= 0.3 is 0 Å². The highest BCUT2D eigenvalue weighted by Crippen LogP contribution is 2.29. The van der Waals surface area contributed by atoms with Gasteiger partial charge in [0, 0.05) is 12.4 Å². The number of aromatic nitrogens is 3. The van der Waals surface area contributed by atoms with Crippen LogP contribution in [0.1, 0.15) is 34.6 Å². The molecule has 1 N–H and O–H groups in total. The predicted octanol–water partition coefficient (Wildman–Crippen LogP) is 4.15. The monoisotopic (exact) mass is 364 g/mol. The second kappa shape index (κ2) is 6.68. The van der Waals surface area contributed by atoms with E-state index >= 15 is 0 Å². The lowest BCUT2D eigenvalue weighted by molar-refractivity contribution is 0.0941. The van der Waals surface area contributed by atoms with Gasteiger partial charge in [0.1, 0.15) is 0 Å². The second-order valence-electron chi connectivity index (χ2n) is 5.96. The van der Waals surface area contributed by atoms with Crippen LogP contribution in [0, 0.1) is 6.92 Å². The summed E-state index contributed by atoms with van der Waals surface area (Å²) in [5.74, 6) is -0.189. The number of pyridine rings is 2. The van der Waals surface area contributed by atoms with Gasteiger partial charge in [0.25, 0.3) is 11.6 Å². The summed E-state index contributed by atoms with van der Waals surface area (Å²) < 4.78 is 5.32. The summed E-state index contributed by atoms with van der Waals surface area (Å²) in [6.07, 6.45) is 3.42. The number of carbonyl (C=O) groups excluding carboxylic acids is 1. The van der Waals surface area contributed by atoms with Crippen molar-refractivity contribution < 1.29 is 9.32 Å². The van der Waals surface area contributed by atoms with Gasteiger partial charge in [-0.1, -0.05) is 11.2 Å². The fraction of sp³-hybridized carbons (Fsp3) is 0.158. The summed E-state index contributed by atoms with van der Waals surface area (Å²) in [7, 11) is 0. The van der Waals surface area contributed by atoms with Crippen LogP contribution < -0.4 is 5.32 Å². The van der Waals surface area contributed by atoms with Crippen molar-refractivity contribution in [2.24, 2.45) is 0 Å². The number of carbonyl (C=O) groups is 1. The average Bonchev–Trinajstić information content (AvgIpc) is 3.32. The van der Waals surface area contributed by atoms with Crippen LogP contribution in [0.3, 0.4) is 0 Å². The van der Waals surface area contributed by atoms with Gasteiger partial charge in [-0.15, -0.1) is 11.3 Å². The van der Waals surface area contributed by atoms with Gasteiger partial charge in [-0.2, -0.15) is 0 Å². The van der Waals surface area contributed by atoms with E-state index in [4.69, 9.17) is 4.52 Å². The number of fused-ring (bicyclic) bond motifs is 1. The highest BCUT2D eigenvalue weighted by atomic mass is 32.1. The number of hydrogen-bond acceptors (Lipinski definition) is 6. The maximum Gasteiger partial charge on any atom is 0.259 e. The first-order valence-electron chi connectivity index (χ1n) is 8.15. The first-order chi connectivity index (χ1) is 12.6. The Kier molecular flexibility index (Phi) is 4.22. The minimum absolute atomic E-state index is 0.154. The molecule has 0 saturated carbocycles. The van der Waals surface area contributed by atoms with Crippen LogP contribution in [0.15, 0.2) is 52.6 Å². The molecule has 0 saturated heterocycles. The summed E-state index contributed by atoms with van der Waals surface area (Å²) in [6, 6.07) is 9.32. The summed E-state index contributed by atoms with van der Waals surface area (Å²) in [4.78, 5) is 22.5. The SMILES string of the molecule is Cc1noc2nc(-c3cccs3)cc(C(=O)NC(C)c3ccncc3)c12. The number of nitrogens with zero attached hydrogens (tertiary/aromatic N) is 3. The standard InChI is InChI=1S/C19H16N4O2S/c1-11(13-5-7-20-8-6-13)21-18(24)14-10-15(16-4-3-9-26-16)22-19-17(14)12(2)23-25-19/h3-11H,1-2H3,(H,21,24). The van der Waals surface area contributed by atoms with Crippen molar-refractivity contribution in [2.45, 2.75) is 19.9 Å². The van der Waals surface area contributed by atoms with Crippen LogP contribution in [0.5, 0.6) is 0 Å². The van der Waals surface area contributed by atoms with E-state index in [2.05, 4.69) is 20.4 Å². The normalized spacial score (nSPS) is 12.2. The third kappa shape index (κ3) is 2.97. The van der Waals surface area contributed by atoms with E-state index in [1.54, 1.807) is 36.7 Å². The maximum atomic E-state index is 13.0. The van der Waals surface area contributed by atoms with Gasteiger partial charge in [-0.25, -0.2) is 4.98 Å². The fourth-order valence-corrected chi connectivity index (χ4v) is 3.52. The van der Waals surface area contributed by atoms with E-state index in [0.29, 0.717) is 28.1 Å². The van der Waals surface area contributed by atoms with Crippen LogP contribution in [0.25, 0.3) is 21.7 Å². The van der Waals surface area contributed by atoms with Crippen molar-refractivity contribution in [3.05, 3.63) is 64.9 Å². The number of rotatable bonds is 4. The number of aryl methyl sites for hydroxylation is 1. The number of hydrogen-bond donors (Lipinski definition) is 1. The zero-order chi connectivity index (χ0) is 18.1. The van der Waals surface area contributed by atoms with Crippen LogP contribution in [-0.4, -0.2) is 21.0 Å². The zero-order valence-corrected chi connectivity index (χ0v) is 15.1. The van der Waals surface area contributed by atoms with Gasteiger partial charge in [0.2, 0.25) is 0 Å². The van der Waals surface area contributed by atoms with E-state index in [1.807, 2.05) is 36.6 Å². The fourth-order valence-electron chi connectivity index (χ4n) is 2.83. The van der Waals surface area contributed by atoms with Gasteiger partial charge in [0.15, 0.2) is 0 Å². The van der Waals surface area contributed by atoms with Gasteiger partial charge < -0.3 is 9.84 Å². The Morgan fingerprint density at radius 3 is 2.81 bits per heavy atom. The molecule has 4 rings (SSSR count). The summed E-state index contributed by atoms with van der Waals surface area (Å²) in [6.45, 7) is 3.74. The molecule has 0 spiro atoms. The number of thiophene rings is 1. The molecule has 0 aliphatic rings. The third-order valence-corrected chi connectivity index (χ3v) is 5.08. The molecule has 1 unspecified atom stereocenters. The van der Waals surface area contributed by atoms with Crippen molar-refractivity contribution in [3.63, 3.8) is 0 Å². The first-order valence-corrected chi connectivity index (χ1v) is 9.03. The van der Waals surface area contributed by atoms with Crippen LogP contribution in [0.4, 0.5) is 0 Å². The van der Waals surface area contributed by atoms with Gasteiger partial charge in [0.05, 0.1) is 33.3 Å². The molecule has 7 heteroatoms. The molecule has 1 amide bonds. The summed E-state index contributed by atoms with van der Waals surface area (Å²) >= 11 is 1.56. The molecule has 4 heterocycles. The van der Waals surface area contributed by atoms with E-state index in [-0.39, 0.29) is 11.9 Å². The second-order valence-corrected chi connectivity index (χ2v) is 6.90. The van der Waals surface area contributed by atoms with Gasteiger partial charge in [-0.3, -0.25) is 9.78 Å². The number of nitrogens with one attached hydrogen (secondary N) is 1. The third-order valence-electron chi connectivity index (χ3n) is 4.19. The van der Waals surface area contributed by atoms with Crippen molar-refractivity contribution in [1.82, 2.24) is 20.4 Å². The summed E-state index contributed by atoms with van der Waals surface area (Å²) in [5.41, 5.74) is 3.21. The van der Waals surface area contributed by atoms with E-state index in [9.17, 15) is 4.79 Å². The molecule has 0 bridgehead atoms. The van der Waals surface area contributed by atoms with Crippen molar-refractivity contribution >= 4 is 28.3 Å². The Labute approximate surface area is 153 Å². The molecule has 130 valence electrons. The molecule has 0 radical (unpaired) electrons. The van der Waals surface area contributed by atoms with Crippen molar-refractivity contribution in [2.75, 3.05) is 0 Å². The van der Waals surface area contributed by atoms with Crippen molar-refractivity contribution in [1.29, 1.82) is 0 Å². The average molecular weight is 364 g/mol. The zero-order valence-electron chi connectivity index (χ0n) is 14.3. The van der Waals surface area contributed by atoms with Crippen LogP contribution in [0.2, 0.25) is 0 Å². The molecule has 26 heavy (non-hydrogen) atoms. The molecule has 0 aromatic carbocycles. The quantitative estimate of drug-likeness (QED) is 0.588. The molecule has 6 nitrogen and oxygen atoms in total. The lowest BCUT2D eigenvalue weighted by Crippen LogP contribution is -2.27. The predicted molar refractivity (Wildman–Crippen MR) is 100.0 cm³/mol. The first kappa shape index (κ1) is 16.4. The van der Waals surface area contributed by atoms with Crippen LogP contribution in [-0.2, 0) is 0 Å². The van der Waals surface area contributed by atoms with E-state index in [1.165, 1.54) is 0 Å². The Morgan fingerprint density at radius 1 is 1.27 bits per heavy atom. The minimum Gasteiger partial charge on any atom is -0.345 e. The summed E-state index contributed by atoms with van der Waals surface area (Å²) in [5, 5.41) is 9.62. The van der Waals surface area contributed by atoms with E-state index in [0.717, 1.165) is 10.4 Å². The highest BCUT2D eigenvalue weighted by molar-refractivity contribution is 7.13. The lowest BCUT2D eigenvalue weighted by atomic mass is 10.1. The molecule has 0 aliphatic carbocycles. The number of amides is 1. The molecule has 4 aromatic heterocycles. The Morgan fingerprint density at radius 2 is 2.08 bits per heavy atom. The molecule has 1 atom stereocenters. The molecular weight excluding hydrogens is 348 g/mol. The lowest BCUT2D eigenvalue weighted by Gasteiger charge is -2.14. The van der Waals surface area contributed by atoms with Crippen molar-refractivity contribution in [3.8, 4) is 10.6 Å². The molecule has 4 aromatic rings. The minimum atomic E-state index is -0.189. The Hall–Kier alpha value is -3.06. The maximum absolute atomic E-state index is 13.0. The molecule has 0 aliphatic heterocycles. The molecular formula is C19H16N4O2S. The molecule has 0 fully saturated rings. The largest absolute Gasteiger partial charge is 0.345 e. The highest BCUT2D eigenvalue weighted by Gasteiger charge is 2.21. The van der Waals surface area contributed by atoms with Crippen LogP contribution >= 0.6 is 11.3 Å². The Balaban J connectivity index is 1.74. The topological polar surface area (TPSA) is 80.9 Å².